The van der Waals surface area contributed by atoms with E-state index in [9.17, 15) is 41.0 Å². The number of aliphatic carboxylic acids is 1. The summed E-state index contributed by atoms with van der Waals surface area (Å²) in [7, 11) is -9.66. The molecule has 2 aliphatic heterocycles. The van der Waals surface area contributed by atoms with Crippen molar-refractivity contribution in [2.75, 3.05) is 50.1 Å². The molecule has 54 heavy (non-hydrogen) atoms. The average molecular weight is 810 g/mol. The number of rotatable bonds is 15. The van der Waals surface area contributed by atoms with Gasteiger partial charge in [0, 0.05) is 90.4 Å². The van der Waals surface area contributed by atoms with Crippen molar-refractivity contribution in [1.82, 2.24) is 4.90 Å². The molecule has 5 rings (SSSR count). The van der Waals surface area contributed by atoms with Crippen LogP contribution in [0.15, 0.2) is 51.8 Å². The molecule has 2 aromatic rings. The predicted octanol–water partition coefficient (Wildman–Crippen LogP) is 2.96. The van der Waals surface area contributed by atoms with Crippen LogP contribution in [0.4, 0.5) is 5.69 Å². The van der Waals surface area contributed by atoms with Gasteiger partial charge in [-0.2, -0.15) is 0 Å². The number of piperidine rings is 1. The largest absolute Gasteiger partial charge is 0.744 e. The number of nitrogens with zero attached hydrogens (tertiary/aromatic N) is 1. The highest BCUT2D eigenvalue weighted by atomic mass is 32.3. The van der Waals surface area contributed by atoms with Crippen LogP contribution >= 0.6 is 12.9 Å². The predicted molar refractivity (Wildman–Crippen MR) is 200 cm³/mol. The number of thiol groups is 1. The Balaban J connectivity index is 1.70. The quantitative estimate of drug-likeness (QED) is 0.0193. The summed E-state index contributed by atoms with van der Waals surface area (Å²) in [6.45, 7) is 4.91. The zero-order chi connectivity index (χ0) is 39.4. The van der Waals surface area contributed by atoms with Crippen molar-refractivity contribution in [2.45, 2.75) is 44.4 Å². The summed E-state index contributed by atoms with van der Waals surface area (Å²) >= 11 is 3.44. The fourth-order valence-electron chi connectivity index (χ4n) is 6.48. The molecule has 2 aromatic carbocycles. The molecule has 1 amide bonds. The van der Waals surface area contributed by atoms with E-state index in [2.05, 4.69) is 32.6 Å². The molecule has 1 saturated heterocycles. The van der Waals surface area contributed by atoms with Crippen molar-refractivity contribution < 1.29 is 64.6 Å². The Morgan fingerprint density at radius 2 is 1.80 bits per heavy atom. The molecule has 5 N–H and O–H groups in total. The van der Waals surface area contributed by atoms with Gasteiger partial charge in [0.15, 0.2) is 0 Å². The second-order valence-corrected chi connectivity index (χ2v) is 18.3. The third kappa shape index (κ3) is 10.2. The number of hydrogen-bond donors (Lipinski definition) is 6. The third-order valence-electron chi connectivity index (χ3n) is 9.23. The monoisotopic (exact) mass is 809 g/mol. The van der Waals surface area contributed by atoms with E-state index in [1.807, 2.05) is 19.9 Å². The number of benzene rings is 3. The minimum absolute atomic E-state index is 0.114. The minimum Gasteiger partial charge on any atom is -0.744 e. The highest BCUT2D eigenvalue weighted by molar-refractivity contribution is 8.09. The lowest BCUT2D eigenvalue weighted by molar-refractivity contribution is -0.508. The summed E-state index contributed by atoms with van der Waals surface area (Å²) < 4.78 is 79.2. The van der Waals surface area contributed by atoms with Gasteiger partial charge in [-0.05, 0) is 74.6 Å². The molecular weight excluding hydrogens is 767 g/mol. The van der Waals surface area contributed by atoms with Crippen LogP contribution in [0.25, 0.3) is 33.4 Å². The molecule has 1 aliphatic carbocycles. The Kier molecular flexibility index (Phi) is 12.6. The van der Waals surface area contributed by atoms with Gasteiger partial charge in [-0.15, -0.1) is 4.33 Å². The molecule has 0 bridgehead atoms. The van der Waals surface area contributed by atoms with Crippen molar-refractivity contribution in [1.29, 1.82) is 0 Å². The van der Waals surface area contributed by atoms with Crippen molar-refractivity contribution in [3.05, 3.63) is 64.5 Å². The van der Waals surface area contributed by atoms with Crippen molar-refractivity contribution in [2.24, 2.45) is 5.92 Å². The smallest absolute Gasteiger partial charge is 0.306 e. The summed E-state index contributed by atoms with van der Waals surface area (Å²) in [6.07, 6.45) is 2.08. The van der Waals surface area contributed by atoms with Gasteiger partial charge in [0.05, 0.1) is 33.1 Å². The van der Waals surface area contributed by atoms with E-state index in [1.165, 1.54) is 17.0 Å². The van der Waals surface area contributed by atoms with E-state index < -0.39 is 42.4 Å². The first-order valence-electron chi connectivity index (χ1n) is 17.0. The van der Waals surface area contributed by atoms with Crippen molar-refractivity contribution in [3.8, 4) is 22.5 Å². The molecular formula is C35H43N3O13S3. The summed E-state index contributed by atoms with van der Waals surface area (Å²) in [5, 5.41) is 18.2. The standard InChI is InChI=1S/C35H43N3O13S3/c1-21-16-27-31(19-29(21)36-10-4-14-48-50-51-52)49-32-20-30(37-11-5-15-54(3,45,46)47)22(2)17-28(32)33(27)26-18-24(53(42,43)44)6-7-25(26)34(39)38-12-8-23(9-13-38)35(40)41/h6-7,16-20,23,37,52H,4-5,8-15H2,1-3H3,(H,40,41)(H,42,43,44)(H2,45,46,47). The van der Waals surface area contributed by atoms with Gasteiger partial charge < -0.3 is 33.4 Å². The number of anilines is 1. The number of carbonyl (C=O) groups is 2. The van der Waals surface area contributed by atoms with E-state index in [-0.39, 0.29) is 62.4 Å². The molecule has 0 spiro atoms. The average Bonchev–Trinajstić information content (AvgIpc) is 3.09. The van der Waals surface area contributed by atoms with Crippen LogP contribution in [-0.2, 0) is 38.8 Å². The second-order valence-electron chi connectivity index (χ2n) is 13.5. The number of nitrogens with one attached hydrogen (secondary N) is 2. The van der Waals surface area contributed by atoms with Crippen LogP contribution in [0.2, 0.25) is 0 Å². The van der Waals surface area contributed by atoms with Gasteiger partial charge in [0.2, 0.25) is 5.36 Å². The van der Waals surface area contributed by atoms with E-state index in [1.54, 1.807) is 18.2 Å². The molecule has 0 atom stereocenters. The topological polar surface area (TPSA) is 239 Å². The molecule has 16 nitrogen and oxygen atoms in total. The molecule has 0 unspecified atom stereocenters. The SMILES string of the molecule is Cc1cc2c(-c3cc(S(=O)(=O)[O-])ccc3C(=O)N3CCC(C(=O)O)CC3)c3cc(C)c(=[NH+]CCCOOOS)cc-3oc2cc1NCCCS(C)(=O)(O)O. The van der Waals surface area contributed by atoms with Gasteiger partial charge >= 0.3 is 5.97 Å². The normalized spacial score (nSPS) is 15.4. The number of hydrogen-bond acceptors (Lipinski definition) is 12. The van der Waals surface area contributed by atoms with E-state index >= 15 is 0 Å². The van der Waals surface area contributed by atoms with Crippen LogP contribution in [0, 0.1) is 19.8 Å². The summed E-state index contributed by atoms with van der Waals surface area (Å²) in [5.41, 5.74) is 3.65. The van der Waals surface area contributed by atoms with E-state index in [0.717, 1.165) is 17.9 Å². The number of aryl methyl sites for hydroxylation is 2. The molecule has 0 saturated carbocycles. The van der Waals surface area contributed by atoms with Gasteiger partial charge in [-0.3, -0.25) is 9.59 Å². The first-order valence-corrected chi connectivity index (χ1v) is 21.2. The molecule has 2 heterocycles. The highest BCUT2D eigenvalue weighted by Gasteiger charge is 2.31. The lowest BCUT2D eigenvalue weighted by Gasteiger charge is -2.31. The molecule has 294 valence electrons. The van der Waals surface area contributed by atoms with Crippen LogP contribution in [-0.4, -0.2) is 93.0 Å². The maximum absolute atomic E-state index is 14.2. The minimum atomic E-state index is -4.97. The van der Waals surface area contributed by atoms with Crippen LogP contribution in [0.5, 0.6) is 0 Å². The number of carboxylic acids is 1. The van der Waals surface area contributed by atoms with Crippen LogP contribution in [0.3, 0.4) is 0 Å². The number of carbonyl (C=O) groups excluding carboxylic acids is 1. The number of likely N-dealkylation sites (tertiary alicyclic amines) is 1. The highest BCUT2D eigenvalue weighted by Crippen LogP contribution is 2.44. The summed E-state index contributed by atoms with van der Waals surface area (Å²) in [5.74, 6) is -1.97. The maximum Gasteiger partial charge on any atom is 0.306 e. The van der Waals surface area contributed by atoms with Gasteiger partial charge in [0.25, 0.3) is 5.91 Å². The van der Waals surface area contributed by atoms with Crippen molar-refractivity contribution in [3.63, 3.8) is 0 Å². The summed E-state index contributed by atoms with van der Waals surface area (Å²) in [6, 6.07) is 10.7. The Morgan fingerprint density at radius 3 is 2.44 bits per heavy atom. The van der Waals surface area contributed by atoms with Crippen LogP contribution < -0.4 is 15.7 Å². The molecule has 19 heteroatoms. The van der Waals surface area contributed by atoms with Crippen molar-refractivity contribution >= 4 is 61.2 Å². The third-order valence-corrected chi connectivity index (χ3v) is 11.3. The molecule has 0 aromatic heterocycles. The van der Waals surface area contributed by atoms with Gasteiger partial charge in [-0.25, -0.2) is 22.5 Å². The first kappa shape index (κ1) is 41.2. The second kappa shape index (κ2) is 16.4. The Morgan fingerprint density at radius 1 is 1.07 bits per heavy atom. The van der Waals surface area contributed by atoms with Gasteiger partial charge in [0.1, 0.15) is 28.0 Å². The lowest BCUT2D eigenvalue weighted by atomic mass is 9.88. The van der Waals surface area contributed by atoms with E-state index in [4.69, 9.17) is 9.30 Å². The Hall–Kier alpha value is -3.92. The van der Waals surface area contributed by atoms with E-state index in [0.29, 0.717) is 57.4 Å². The number of amides is 1. The molecule has 1 fully saturated rings. The fourth-order valence-corrected chi connectivity index (χ4v) is 7.83. The Labute approximate surface area is 317 Å². The van der Waals surface area contributed by atoms with Crippen LogP contribution in [0.1, 0.15) is 47.2 Å². The maximum atomic E-state index is 14.2. The zero-order valence-electron chi connectivity index (χ0n) is 29.8. The van der Waals surface area contributed by atoms with Gasteiger partial charge in [-0.1, -0.05) is 5.04 Å². The number of fused-ring (bicyclic) bond motifs is 2. The molecule has 3 aliphatic rings. The fraction of sp³-hybridized carbons (Fsp3) is 0.400. The lowest BCUT2D eigenvalue weighted by Crippen LogP contribution is -2.77. The first-order chi connectivity index (χ1) is 25.3. The summed E-state index contributed by atoms with van der Waals surface area (Å²) in [4.78, 5) is 34.9. The molecule has 0 radical (unpaired) electrons. The number of carboxylic acid groups (broad SMARTS) is 1. The Bertz CT molecular complexity index is 2270. The zero-order valence-corrected chi connectivity index (χ0v) is 32.4.